The largest absolute Gasteiger partial charge is 0.341 e. The van der Waals surface area contributed by atoms with Gasteiger partial charge in [-0.25, -0.2) is 0 Å². The van der Waals surface area contributed by atoms with Gasteiger partial charge in [-0.05, 0) is 42.4 Å². The highest BCUT2D eigenvalue weighted by Crippen LogP contribution is 2.14. The number of carbonyl (C=O) groups excluding carboxylic acids is 2. The fraction of sp³-hybridized carbons (Fsp3) is 0.348. The molecule has 0 aromatic heterocycles. The second-order valence-electron chi connectivity index (χ2n) is 7.17. The molecule has 2 aromatic carbocycles. The van der Waals surface area contributed by atoms with E-state index in [4.69, 9.17) is 5.26 Å². The fourth-order valence-corrected chi connectivity index (χ4v) is 3.07. The van der Waals surface area contributed by atoms with Gasteiger partial charge in [0.1, 0.15) is 12.6 Å². The normalized spacial score (nSPS) is 11.5. The summed E-state index contributed by atoms with van der Waals surface area (Å²) in [6, 6.07) is 18.8. The van der Waals surface area contributed by atoms with E-state index in [2.05, 4.69) is 22.8 Å². The molecule has 0 aliphatic heterocycles. The molecule has 0 aliphatic carbocycles. The van der Waals surface area contributed by atoms with Crippen LogP contribution in [0.3, 0.4) is 0 Å². The molecule has 2 amide bonds. The predicted molar refractivity (Wildman–Crippen MR) is 110 cm³/mol. The van der Waals surface area contributed by atoms with E-state index in [1.54, 1.807) is 6.07 Å². The van der Waals surface area contributed by atoms with Gasteiger partial charge in [-0.1, -0.05) is 62.4 Å². The van der Waals surface area contributed by atoms with Crippen LogP contribution in [0.15, 0.2) is 54.6 Å². The van der Waals surface area contributed by atoms with Crippen molar-refractivity contribution in [2.24, 2.45) is 5.92 Å². The summed E-state index contributed by atoms with van der Waals surface area (Å²) in [4.78, 5) is 25.2. The lowest BCUT2D eigenvalue weighted by Gasteiger charge is -2.20. The van der Waals surface area contributed by atoms with E-state index in [0.29, 0.717) is 12.0 Å². The minimum atomic E-state index is -0.664. The maximum absolute atomic E-state index is 12.9. The van der Waals surface area contributed by atoms with Crippen molar-refractivity contribution in [3.05, 3.63) is 71.3 Å². The van der Waals surface area contributed by atoms with Crippen molar-refractivity contribution in [3.63, 3.8) is 0 Å². The Labute approximate surface area is 166 Å². The van der Waals surface area contributed by atoms with Crippen molar-refractivity contribution in [1.82, 2.24) is 10.6 Å². The summed E-state index contributed by atoms with van der Waals surface area (Å²) in [6.45, 7) is 3.91. The van der Waals surface area contributed by atoms with Crippen molar-refractivity contribution in [3.8, 4) is 6.07 Å². The molecule has 28 heavy (non-hydrogen) atoms. The summed E-state index contributed by atoms with van der Waals surface area (Å²) in [5, 5.41) is 14.1. The molecule has 1 atom stereocenters. The molecule has 2 N–H and O–H groups in total. The summed E-state index contributed by atoms with van der Waals surface area (Å²) >= 11 is 0. The third kappa shape index (κ3) is 6.55. The van der Waals surface area contributed by atoms with Crippen molar-refractivity contribution in [2.45, 2.75) is 39.2 Å². The number of benzene rings is 2. The van der Waals surface area contributed by atoms with Gasteiger partial charge in [0.05, 0.1) is 6.07 Å². The molecule has 0 bridgehead atoms. The summed E-state index contributed by atoms with van der Waals surface area (Å²) in [5.41, 5.74) is 2.75. The van der Waals surface area contributed by atoms with Crippen molar-refractivity contribution >= 4 is 11.8 Å². The average molecular weight is 377 g/mol. The molecular weight excluding hydrogens is 350 g/mol. The number of aryl methyl sites for hydroxylation is 2. The quantitative estimate of drug-likeness (QED) is 0.658. The van der Waals surface area contributed by atoms with Crippen LogP contribution in [0.2, 0.25) is 0 Å². The summed E-state index contributed by atoms with van der Waals surface area (Å²) in [6.07, 6.45) is 2.08. The van der Waals surface area contributed by atoms with E-state index < -0.39 is 6.04 Å². The Morgan fingerprint density at radius 3 is 2.36 bits per heavy atom. The molecule has 0 heterocycles. The smallest absolute Gasteiger partial charge is 0.252 e. The monoisotopic (exact) mass is 377 g/mol. The van der Waals surface area contributed by atoms with Gasteiger partial charge in [0.15, 0.2) is 0 Å². The van der Waals surface area contributed by atoms with Crippen LogP contribution in [0, 0.1) is 17.2 Å². The zero-order valence-corrected chi connectivity index (χ0v) is 16.4. The Morgan fingerprint density at radius 2 is 1.68 bits per heavy atom. The van der Waals surface area contributed by atoms with E-state index in [1.807, 2.05) is 56.3 Å². The number of carbonyl (C=O) groups is 2. The summed E-state index contributed by atoms with van der Waals surface area (Å²) in [7, 11) is 0. The van der Waals surface area contributed by atoms with Crippen LogP contribution >= 0.6 is 0 Å². The van der Waals surface area contributed by atoms with E-state index in [-0.39, 0.29) is 24.3 Å². The van der Waals surface area contributed by atoms with Crippen molar-refractivity contribution in [2.75, 3.05) is 6.54 Å². The maximum atomic E-state index is 12.9. The first-order valence-corrected chi connectivity index (χ1v) is 9.58. The highest BCUT2D eigenvalue weighted by Gasteiger charge is 2.23. The molecule has 0 radical (unpaired) electrons. The van der Waals surface area contributed by atoms with E-state index in [9.17, 15) is 9.59 Å². The molecule has 0 saturated heterocycles. The molecule has 146 valence electrons. The summed E-state index contributed by atoms with van der Waals surface area (Å²) in [5.74, 6) is -0.363. The maximum Gasteiger partial charge on any atom is 0.252 e. The van der Waals surface area contributed by atoms with Gasteiger partial charge in [0.2, 0.25) is 5.91 Å². The highest BCUT2D eigenvalue weighted by atomic mass is 16.2. The first kappa shape index (κ1) is 21.2. The van der Waals surface area contributed by atoms with E-state index in [1.165, 1.54) is 5.56 Å². The van der Waals surface area contributed by atoms with Crippen LogP contribution in [0.1, 0.15) is 41.8 Å². The lowest BCUT2D eigenvalue weighted by Crippen LogP contribution is -2.47. The number of nitrogens with zero attached hydrogens (tertiary/aromatic N) is 1. The minimum Gasteiger partial charge on any atom is -0.341 e. The topological polar surface area (TPSA) is 82.0 Å². The van der Waals surface area contributed by atoms with Gasteiger partial charge in [-0.15, -0.1) is 0 Å². The number of nitrogens with one attached hydrogen (secondary N) is 2. The fourth-order valence-electron chi connectivity index (χ4n) is 3.07. The Bertz CT molecular complexity index is 825. The van der Waals surface area contributed by atoms with Crippen LogP contribution < -0.4 is 10.6 Å². The van der Waals surface area contributed by atoms with Gasteiger partial charge in [-0.3, -0.25) is 9.59 Å². The van der Waals surface area contributed by atoms with E-state index >= 15 is 0 Å². The van der Waals surface area contributed by atoms with E-state index in [0.717, 1.165) is 18.4 Å². The third-order valence-corrected chi connectivity index (χ3v) is 4.46. The Kier molecular flexibility index (Phi) is 8.23. The molecule has 5 heteroatoms. The van der Waals surface area contributed by atoms with Crippen LogP contribution in [0.5, 0.6) is 0 Å². The zero-order valence-electron chi connectivity index (χ0n) is 16.4. The Hall–Kier alpha value is -3.13. The summed E-state index contributed by atoms with van der Waals surface area (Å²) < 4.78 is 0. The molecule has 5 nitrogen and oxygen atoms in total. The molecule has 0 aliphatic rings. The molecule has 2 aromatic rings. The Morgan fingerprint density at radius 1 is 1.00 bits per heavy atom. The van der Waals surface area contributed by atoms with Crippen LogP contribution in [0.4, 0.5) is 0 Å². The molecule has 0 unspecified atom stereocenters. The van der Waals surface area contributed by atoms with Gasteiger partial charge in [0, 0.05) is 5.56 Å². The predicted octanol–water partition coefficient (Wildman–Crippen LogP) is 3.26. The number of hydrogen-bond donors (Lipinski definition) is 2. The minimum absolute atomic E-state index is 0.0725. The van der Waals surface area contributed by atoms with Crippen LogP contribution in [0.25, 0.3) is 0 Å². The first-order valence-electron chi connectivity index (χ1n) is 9.58. The highest BCUT2D eigenvalue weighted by molar-refractivity contribution is 5.98. The SMILES string of the molecule is CC(C)C[C@H](NC(=O)c1ccccc1CCc1ccccc1)C(=O)NCC#N. The lowest BCUT2D eigenvalue weighted by molar-refractivity contribution is -0.123. The second kappa shape index (κ2) is 10.9. The average Bonchev–Trinajstić information content (AvgIpc) is 2.70. The molecule has 0 fully saturated rings. The van der Waals surface area contributed by atoms with Crippen molar-refractivity contribution < 1.29 is 9.59 Å². The van der Waals surface area contributed by atoms with Gasteiger partial charge in [0.25, 0.3) is 5.91 Å². The van der Waals surface area contributed by atoms with Crippen LogP contribution in [-0.2, 0) is 17.6 Å². The second-order valence-corrected chi connectivity index (χ2v) is 7.17. The van der Waals surface area contributed by atoms with Gasteiger partial charge < -0.3 is 10.6 Å². The Balaban J connectivity index is 2.11. The number of nitriles is 1. The van der Waals surface area contributed by atoms with Crippen LogP contribution in [-0.4, -0.2) is 24.4 Å². The molecule has 0 spiro atoms. The lowest BCUT2D eigenvalue weighted by atomic mass is 9.98. The number of hydrogen-bond acceptors (Lipinski definition) is 3. The van der Waals surface area contributed by atoms with Gasteiger partial charge >= 0.3 is 0 Å². The molecule has 0 saturated carbocycles. The molecule has 2 rings (SSSR count). The third-order valence-electron chi connectivity index (χ3n) is 4.46. The van der Waals surface area contributed by atoms with Gasteiger partial charge in [-0.2, -0.15) is 5.26 Å². The van der Waals surface area contributed by atoms with Crippen molar-refractivity contribution in [1.29, 1.82) is 5.26 Å². The standard InChI is InChI=1S/C23H27N3O2/c1-17(2)16-21(23(28)25-15-14-24)26-22(27)20-11-7-6-10-19(20)13-12-18-8-4-3-5-9-18/h3-11,17,21H,12-13,15-16H2,1-2H3,(H,25,28)(H,26,27)/t21-/m0/s1. The molecular formula is C23H27N3O2. The first-order chi connectivity index (χ1) is 13.5. The number of rotatable bonds is 9. The number of amides is 2. The zero-order chi connectivity index (χ0) is 20.4.